The van der Waals surface area contributed by atoms with Crippen LogP contribution in [0.5, 0.6) is 0 Å². The molecule has 0 aliphatic carbocycles. The molecule has 1 aromatic carbocycles. The minimum atomic E-state index is -0.0204. The van der Waals surface area contributed by atoms with Crippen molar-refractivity contribution >= 4 is 17.3 Å². The van der Waals surface area contributed by atoms with Crippen molar-refractivity contribution in [2.75, 3.05) is 30.4 Å². The highest BCUT2D eigenvalue weighted by atomic mass is 16.3. The fraction of sp³-hybridized carbons (Fsp3) is 0.385. The minimum absolute atomic E-state index is 0.00900. The molecule has 1 heterocycles. The van der Waals surface area contributed by atoms with Gasteiger partial charge < -0.3 is 15.3 Å². The van der Waals surface area contributed by atoms with Crippen molar-refractivity contribution < 1.29 is 9.90 Å². The highest BCUT2D eigenvalue weighted by Gasteiger charge is 2.31. The van der Waals surface area contributed by atoms with Gasteiger partial charge in [-0.05, 0) is 18.2 Å². The van der Waals surface area contributed by atoms with Crippen molar-refractivity contribution in [1.82, 2.24) is 0 Å². The van der Waals surface area contributed by atoms with E-state index in [1.54, 1.807) is 30.1 Å². The number of amides is 1. The average molecular weight is 245 g/mol. The lowest BCUT2D eigenvalue weighted by Crippen LogP contribution is -2.25. The first-order valence-corrected chi connectivity index (χ1v) is 5.82. The van der Waals surface area contributed by atoms with Crippen molar-refractivity contribution in [3.05, 3.63) is 23.8 Å². The molecule has 0 spiro atoms. The number of nitriles is 1. The van der Waals surface area contributed by atoms with Gasteiger partial charge in [0.25, 0.3) is 0 Å². The SMILES string of the molecule is CNc1ccc(C#N)cc1N1CC(CO)CC1=O. The van der Waals surface area contributed by atoms with E-state index in [2.05, 4.69) is 11.4 Å². The van der Waals surface area contributed by atoms with Crippen LogP contribution in [0.2, 0.25) is 0 Å². The number of hydrogen-bond donors (Lipinski definition) is 2. The molecule has 2 N–H and O–H groups in total. The summed E-state index contributed by atoms with van der Waals surface area (Å²) in [7, 11) is 1.77. The van der Waals surface area contributed by atoms with Gasteiger partial charge in [-0.2, -0.15) is 5.26 Å². The van der Waals surface area contributed by atoms with Crippen LogP contribution in [-0.2, 0) is 4.79 Å². The molecule has 18 heavy (non-hydrogen) atoms. The highest BCUT2D eigenvalue weighted by Crippen LogP contribution is 2.32. The molecule has 5 heteroatoms. The summed E-state index contributed by atoms with van der Waals surface area (Å²) in [6, 6.07) is 7.26. The van der Waals surface area contributed by atoms with Crippen molar-refractivity contribution in [3.63, 3.8) is 0 Å². The van der Waals surface area contributed by atoms with Gasteiger partial charge in [0.15, 0.2) is 0 Å². The van der Waals surface area contributed by atoms with Crippen molar-refractivity contribution in [2.45, 2.75) is 6.42 Å². The number of carbonyl (C=O) groups is 1. The topological polar surface area (TPSA) is 76.4 Å². The Labute approximate surface area is 106 Å². The number of rotatable bonds is 3. The van der Waals surface area contributed by atoms with E-state index in [1.165, 1.54) is 0 Å². The lowest BCUT2D eigenvalue weighted by atomic mass is 10.1. The first kappa shape index (κ1) is 12.4. The predicted molar refractivity (Wildman–Crippen MR) is 68.2 cm³/mol. The van der Waals surface area contributed by atoms with Crippen molar-refractivity contribution in [2.24, 2.45) is 5.92 Å². The van der Waals surface area contributed by atoms with Gasteiger partial charge >= 0.3 is 0 Å². The number of aliphatic hydroxyl groups is 1. The first-order chi connectivity index (χ1) is 8.69. The molecule has 1 fully saturated rings. The van der Waals surface area contributed by atoms with Gasteiger partial charge in [-0.25, -0.2) is 0 Å². The largest absolute Gasteiger partial charge is 0.396 e. The van der Waals surface area contributed by atoms with E-state index < -0.39 is 0 Å². The van der Waals surface area contributed by atoms with Crippen molar-refractivity contribution in [1.29, 1.82) is 5.26 Å². The Morgan fingerprint density at radius 2 is 2.39 bits per heavy atom. The molecule has 1 aliphatic rings. The summed E-state index contributed by atoms with van der Waals surface area (Å²) in [4.78, 5) is 13.5. The van der Waals surface area contributed by atoms with Crippen LogP contribution in [-0.4, -0.2) is 31.2 Å². The molecule has 1 aromatic rings. The van der Waals surface area contributed by atoms with E-state index in [9.17, 15) is 4.79 Å². The second-order valence-electron chi connectivity index (χ2n) is 4.35. The average Bonchev–Trinajstić information content (AvgIpc) is 2.79. The summed E-state index contributed by atoms with van der Waals surface area (Å²) >= 11 is 0. The maximum Gasteiger partial charge on any atom is 0.227 e. The third-order valence-electron chi connectivity index (χ3n) is 3.15. The van der Waals surface area contributed by atoms with E-state index in [0.29, 0.717) is 24.2 Å². The number of benzene rings is 1. The van der Waals surface area contributed by atoms with Gasteiger partial charge in [-0.15, -0.1) is 0 Å². The Bertz CT molecular complexity index is 507. The third kappa shape index (κ3) is 2.15. The van der Waals surface area contributed by atoms with Crippen LogP contribution < -0.4 is 10.2 Å². The number of nitrogens with zero attached hydrogens (tertiary/aromatic N) is 2. The van der Waals surface area contributed by atoms with Crippen LogP contribution in [0.15, 0.2) is 18.2 Å². The standard InChI is InChI=1S/C13H15N3O2/c1-15-11-3-2-9(6-14)4-12(11)16-7-10(8-17)5-13(16)18/h2-4,10,15,17H,5,7-8H2,1H3. The Morgan fingerprint density at radius 3 is 2.94 bits per heavy atom. The second kappa shape index (κ2) is 5.07. The van der Waals surface area contributed by atoms with E-state index in [-0.39, 0.29) is 18.4 Å². The number of hydrogen-bond acceptors (Lipinski definition) is 4. The van der Waals surface area contributed by atoms with Crippen LogP contribution in [0, 0.1) is 17.2 Å². The summed E-state index contributed by atoms with van der Waals surface area (Å²) in [5.41, 5.74) is 2.03. The summed E-state index contributed by atoms with van der Waals surface area (Å²) in [6.45, 7) is 0.508. The molecule has 1 unspecified atom stereocenters. The third-order valence-corrected chi connectivity index (χ3v) is 3.15. The monoisotopic (exact) mass is 245 g/mol. The summed E-state index contributed by atoms with van der Waals surface area (Å²) in [6.07, 6.45) is 0.358. The normalized spacial score (nSPS) is 18.8. The fourth-order valence-electron chi connectivity index (χ4n) is 2.17. The van der Waals surface area contributed by atoms with E-state index in [4.69, 9.17) is 10.4 Å². The molecular formula is C13H15N3O2. The summed E-state index contributed by atoms with van der Waals surface area (Å²) < 4.78 is 0. The first-order valence-electron chi connectivity index (χ1n) is 5.82. The molecule has 94 valence electrons. The zero-order valence-corrected chi connectivity index (χ0v) is 10.2. The van der Waals surface area contributed by atoms with Gasteiger partial charge in [0.1, 0.15) is 0 Å². The lowest BCUT2D eigenvalue weighted by Gasteiger charge is -2.20. The van der Waals surface area contributed by atoms with Crippen molar-refractivity contribution in [3.8, 4) is 6.07 Å². The molecule has 0 aromatic heterocycles. The van der Waals surface area contributed by atoms with Crippen LogP contribution >= 0.6 is 0 Å². The molecule has 5 nitrogen and oxygen atoms in total. The van der Waals surface area contributed by atoms with Crippen LogP contribution in [0.3, 0.4) is 0 Å². The molecule has 2 rings (SSSR count). The van der Waals surface area contributed by atoms with Gasteiger partial charge in [0.05, 0.1) is 23.0 Å². The Balaban J connectivity index is 2.38. The molecule has 1 atom stereocenters. The second-order valence-corrected chi connectivity index (χ2v) is 4.35. The smallest absolute Gasteiger partial charge is 0.227 e. The highest BCUT2D eigenvalue weighted by molar-refractivity contribution is 5.99. The molecule has 0 saturated carbocycles. The molecular weight excluding hydrogens is 230 g/mol. The zero-order chi connectivity index (χ0) is 13.1. The van der Waals surface area contributed by atoms with E-state index in [0.717, 1.165) is 5.69 Å². The van der Waals surface area contributed by atoms with Gasteiger partial charge in [-0.1, -0.05) is 0 Å². The van der Waals surface area contributed by atoms with Gasteiger partial charge in [-0.3, -0.25) is 4.79 Å². The number of anilines is 2. The molecule has 1 aliphatic heterocycles. The maximum atomic E-state index is 11.9. The molecule has 1 saturated heterocycles. The number of carbonyl (C=O) groups excluding carboxylic acids is 1. The Kier molecular flexibility index (Phi) is 3.49. The van der Waals surface area contributed by atoms with Gasteiger partial charge in [0, 0.05) is 32.5 Å². The quantitative estimate of drug-likeness (QED) is 0.831. The van der Waals surface area contributed by atoms with Gasteiger partial charge in [0.2, 0.25) is 5.91 Å². The minimum Gasteiger partial charge on any atom is -0.396 e. The van der Waals surface area contributed by atoms with Crippen LogP contribution in [0.1, 0.15) is 12.0 Å². The number of nitrogens with one attached hydrogen (secondary N) is 1. The lowest BCUT2D eigenvalue weighted by molar-refractivity contribution is -0.117. The zero-order valence-electron chi connectivity index (χ0n) is 10.2. The summed E-state index contributed by atoms with van der Waals surface area (Å²) in [5.74, 6) is -0.0337. The van der Waals surface area contributed by atoms with E-state index >= 15 is 0 Å². The maximum absolute atomic E-state index is 11.9. The Morgan fingerprint density at radius 1 is 1.61 bits per heavy atom. The predicted octanol–water partition coefficient (Wildman–Crippen LogP) is 0.945. The van der Waals surface area contributed by atoms with Crippen LogP contribution in [0.25, 0.3) is 0 Å². The molecule has 0 radical (unpaired) electrons. The van der Waals surface area contributed by atoms with Crippen LogP contribution in [0.4, 0.5) is 11.4 Å². The molecule has 1 amide bonds. The molecule has 0 bridgehead atoms. The van der Waals surface area contributed by atoms with E-state index in [1.807, 2.05) is 0 Å². The Hall–Kier alpha value is -2.06. The summed E-state index contributed by atoms with van der Waals surface area (Å²) in [5, 5.41) is 21.1. The number of aliphatic hydroxyl groups excluding tert-OH is 1. The fourth-order valence-corrected chi connectivity index (χ4v) is 2.17.